The van der Waals surface area contributed by atoms with Crippen molar-refractivity contribution in [3.05, 3.63) is 52.1 Å². The van der Waals surface area contributed by atoms with Crippen molar-refractivity contribution in [3.8, 4) is 6.07 Å². The van der Waals surface area contributed by atoms with Crippen LogP contribution in [0.15, 0.2) is 18.2 Å². The molecule has 0 unspecified atom stereocenters. The minimum atomic E-state index is -0.333. The Morgan fingerprint density at radius 3 is 2.74 bits per heavy atom. The van der Waals surface area contributed by atoms with Crippen LogP contribution in [0.2, 0.25) is 0 Å². The number of benzene rings is 1. The monoisotopic (exact) mass is 258 g/mol. The van der Waals surface area contributed by atoms with Gasteiger partial charge < -0.3 is 5.73 Å². The van der Waals surface area contributed by atoms with E-state index in [2.05, 4.69) is 5.10 Å². The smallest absolute Gasteiger partial charge is 0.128 e. The quantitative estimate of drug-likeness (QED) is 0.915. The van der Waals surface area contributed by atoms with Crippen molar-refractivity contribution in [2.24, 2.45) is 5.73 Å². The fraction of sp³-hybridized carbons (Fsp3) is 0.286. The predicted octanol–water partition coefficient (Wildman–Crippen LogP) is 2.02. The first-order valence-electron chi connectivity index (χ1n) is 5.98. The molecule has 0 amide bonds. The van der Waals surface area contributed by atoms with Crippen molar-refractivity contribution < 1.29 is 4.39 Å². The third kappa shape index (κ3) is 2.49. The van der Waals surface area contributed by atoms with Crippen LogP contribution in [0.1, 0.15) is 28.1 Å². The van der Waals surface area contributed by atoms with Crippen molar-refractivity contribution in [1.82, 2.24) is 9.78 Å². The number of hydrogen-bond acceptors (Lipinski definition) is 3. The SMILES string of the molecule is Cc1nn(Cc2cc(C#N)ccc2F)c(C)c1CN. The van der Waals surface area contributed by atoms with E-state index in [4.69, 9.17) is 11.0 Å². The molecular formula is C14H15FN4. The molecule has 1 heterocycles. The van der Waals surface area contributed by atoms with Crippen LogP contribution in [0.5, 0.6) is 0 Å². The van der Waals surface area contributed by atoms with Crippen molar-refractivity contribution >= 4 is 0 Å². The van der Waals surface area contributed by atoms with Crippen LogP contribution in [0.4, 0.5) is 4.39 Å². The zero-order chi connectivity index (χ0) is 14.0. The molecule has 0 bridgehead atoms. The average Bonchev–Trinajstić information content (AvgIpc) is 2.66. The van der Waals surface area contributed by atoms with Gasteiger partial charge in [-0.15, -0.1) is 0 Å². The minimum absolute atomic E-state index is 0.300. The molecule has 0 saturated carbocycles. The van der Waals surface area contributed by atoms with E-state index in [1.165, 1.54) is 12.1 Å². The van der Waals surface area contributed by atoms with Crippen LogP contribution < -0.4 is 5.73 Å². The fourth-order valence-corrected chi connectivity index (χ4v) is 2.11. The third-order valence-electron chi connectivity index (χ3n) is 3.23. The molecule has 0 aliphatic heterocycles. The van der Waals surface area contributed by atoms with Crippen LogP contribution in [0.3, 0.4) is 0 Å². The number of nitriles is 1. The Kier molecular flexibility index (Phi) is 3.63. The van der Waals surface area contributed by atoms with Gasteiger partial charge in [0.15, 0.2) is 0 Å². The van der Waals surface area contributed by atoms with E-state index >= 15 is 0 Å². The summed E-state index contributed by atoms with van der Waals surface area (Å²) in [5.74, 6) is -0.333. The summed E-state index contributed by atoms with van der Waals surface area (Å²) < 4.78 is 15.5. The summed E-state index contributed by atoms with van der Waals surface area (Å²) in [5, 5.41) is 13.2. The number of aryl methyl sites for hydroxylation is 1. The second kappa shape index (κ2) is 5.21. The normalized spacial score (nSPS) is 10.5. The number of halogens is 1. The van der Waals surface area contributed by atoms with Gasteiger partial charge in [-0.1, -0.05) is 0 Å². The molecule has 2 aromatic rings. The molecular weight excluding hydrogens is 243 g/mol. The predicted molar refractivity (Wildman–Crippen MR) is 69.8 cm³/mol. The molecule has 5 heteroatoms. The van der Waals surface area contributed by atoms with Gasteiger partial charge in [-0.25, -0.2) is 4.39 Å². The molecule has 0 spiro atoms. The summed E-state index contributed by atoms with van der Waals surface area (Å²) in [6.07, 6.45) is 0. The van der Waals surface area contributed by atoms with Gasteiger partial charge in [-0.2, -0.15) is 10.4 Å². The lowest BCUT2D eigenvalue weighted by Gasteiger charge is -2.07. The van der Waals surface area contributed by atoms with Crippen molar-refractivity contribution in [2.45, 2.75) is 26.9 Å². The molecule has 0 fully saturated rings. The molecule has 2 N–H and O–H groups in total. The Hall–Kier alpha value is -2.19. The maximum absolute atomic E-state index is 13.7. The van der Waals surface area contributed by atoms with Crippen molar-refractivity contribution in [3.63, 3.8) is 0 Å². The van der Waals surface area contributed by atoms with E-state index in [-0.39, 0.29) is 5.82 Å². The molecule has 0 radical (unpaired) electrons. The second-order valence-corrected chi connectivity index (χ2v) is 4.43. The molecule has 0 atom stereocenters. The minimum Gasteiger partial charge on any atom is -0.326 e. The number of nitrogens with two attached hydrogens (primary N) is 1. The van der Waals surface area contributed by atoms with Crippen LogP contribution in [-0.4, -0.2) is 9.78 Å². The maximum Gasteiger partial charge on any atom is 0.128 e. The first-order chi connectivity index (χ1) is 9.06. The first-order valence-corrected chi connectivity index (χ1v) is 5.98. The highest BCUT2D eigenvalue weighted by Crippen LogP contribution is 2.16. The van der Waals surface area contributed by atoms with Gasteiger partial charge in [0.05, 0.1) is 23.9 Å². The molecule has 0 aliphatic carbocycles. The number of aromatic nitrogens is 2. The van der Waals surface area contributed by atoms with Crippen LogP contribution in [0.25, 0.3) is 0 Å². The Labute approximate surface area is 111 Å². The van der Waals surface area contributed by atoms with Crippen LogP contribution >= 0.6 is 0 Å². The van der Waals surface area contributed by atoms with E-state index in [0.29, 0.717) is 24.2 Å². The van der Waals surface area contributed by atoms with Crippen LogP contribution in [-0.2, 0) is 13.1 Å². The van der Waals surface area contributed by atoms with E-state index in [9.17, 15) is 4.39 Å². The number of nitrogens with zero attached hydrogens (tertiary/aromatic N) is 3. The Balaban J connectivity index is 2.39. The van der Waals surface area contributed by atoms with Gasteiger partial charge in [0.25, 0.3) is 0 Å². The van der Waals surface area contributed by atoms with E-state index < -0.39 is 0 Å². The highest BCUT2D eigenvalue weighted by atomic mass is 19.1. The second-order valence-electron chi connectivity index (χ2n) is 4.43. The summed E-state index contributed by atoms with van der Waals surface area (Å²) in [4.78, 5) is 0. The van der Waals surface area contributed by atoms with Crippen molar-refractivity contribution in [1.29, 1.82) is 5.26 Å². The zero-order valence-corrected chi connectivity index (χ0v) is 10.9. The first kappa shape index (κ1) is 13.2. The lowest BCUT2D eigenvalue weighted by Crippen LogP contribution is -2.07. The number of hydrogen-bond donors (Lipinski definition) is 1. The van der Waals surface area contributed by atoms with Crippen LogP contribution in [0, 0.1) is 31.0 Å². The Morgan fingerprint density at radius 1 is 1.42 bits per heavy atom. The summed E-state index contributed by atoms with van der Waals surface area (Å²) in [6.45, 7) is 4.51. The number of rotatable bonds is 3. The fourth-order valence-electron chi connectivity index (χ4n) is 2.11. The molecule has 19 heavy (non-hydrogen) atoms. The topological polar surface area (TPSA) is 67.6 Å². The van der Waals surface area contributed by atoms with Gasteiger partial charge in [0, 0.05) is 23.4 Å². The van der Waals surface area contributed by atoms with Gasteiger partial charge in [0.1, 0.15) is 5.82 Å². The maximum atomic E-state index is 13.7. The standard InChI is InChI=1S/C14H15FN4/c1-9-13(7-17)10(2)19(18-9)8-12-5-11(6-16)3-4-14(12)15/h3-5H,7-8,17H2,1-2H3. The van der Waals surface area contributed by atoms with E-state index in [0.717, 1.165) is 17.0 Å². The van der Waals surface area contributed by atoms with E-state index in [1.807, 2.05) is 19.9 Å². The molecule has 0 saturated heterocycles. The van der Waals surface area contributed by atoms with Crippen molar-refractivity contribution in [2.75, 3.05) is 0 Å². The molecule has 4 nitrogen and oxygen atoms in total. The molecule has 2 rings (SSSR count). The summed E-state index contributed by atoms with van der Waals surface area (Å²) >= 11 is 0. The van der Waals surface area contributed by atoms with Gasteiger partial charge >= 0.3 is 0 Å². The largest absolute Gasteiger partial charge is 0.326 e. The van der Waals surface area contributed by atoms with Gasteiger partial charge in [-0.3, -0.25) is 4.68 Å². The third-order valence-corrected chi connectivity index (χ3v) is 3.23. The molecule has 1 aromatic heterocycles. The highest BCUT2D eigenvalue weighted by Gasteiger charge is 2.12. The highest BCUT2D eigenvalue weighted by molar-refractivity contribution is 5.34. The Bertz CT molecular complexity index is 652. The zero-order valence-electron chi connectivity index (χ0n) is 10.9. The lowest BCUT2D eigenvalue weighted by atomic mass is 10.1. The molecule has 1 aromatic carbocycles. The van der Waals surface area contributed by atoms with Gasteiger partial charge in [-0.05, 0) is 32.0 Å². The average molecular weight is 258 g/mol. The Morgan fingerprint density at radius 2 is 2.16 bits per heavy atom. The molecule has 0 aliphatic rings. The van der Waals surface area contributed by atoms with E-state index in [1.54, 1.807) is 10.7 Å². The summed E-state index contributed by atoms with van der Waals surface area (Å²) in [6, 6.07) is 6.33. The lowest BCUT2D eigenvalue weighted by molar-refractivity contribution is 0.578. The summed E-state index contributed by atoms with van der Waals surface area (Å²) in [7, 11) is 0. The summed E-state index contributed by atoms with van der Waals surface area (Å²) in [5.41, 5.74) is 9.33. The molecule has 98 valence electrons. The van der Waals surface area contributed by atoms with Gasteiger partial charge in [0.2, 0.25) is 0 Å².